The van der Waals surface area contributed by atoms with Gasteiger partial charge in [0.05, 0.1) is 6.61 Å². The zero-order chi connectivity index (χ0) is 19.2. The third kappa shape index (κ3) is 4.17. The third-order valence-electron chi connectivity index (χ3n) is 4.66. The van der Waals surface area contributed by atoms with Crippen LogP contribution < -0.4 is 14.0 Å². The lowest BCUT2D eigenvalue weighted by molar-refractivity contribution is -0.671. The van der Waals surface area contributed by atoms with Crippen molar-refractivity contribution in [2.45, 2.75) is 26.5 Å². The first kappa shape index (κ1) is 18.1. The number of fused-ring (bicyclic) bond motifs is 1. The molecule has 0 bridgehead atoms. The second-order valence-corrected chi connectivity index (χ2v) is 6.77. The number of hydrogen-bond acceptors (Lipinski definition) is 2. The molecule has 1 N–H and O–H groups in total. The molecule has 4 rings (SSSR count). The Bertz CT molecular complexity index is 1020. The fraction of sp³-hybridized carbons (Fsp3) is 0.208. The van der Waals surface area contributed by atoms with Crippen LogP contribution in [-0.4, -0.2) is 11.6 Å². The molecule has 0 atom stereocenters. The second-order valence-electron chi connectivity index (χ2n) is 6.77. The normalized spacial score (nSPS) is 10.9. The first-order valence-electron chi connectivity index (χ1n) is 9.72. The van der Waals surface area contributed by atoms with Crippen molar-refractivity contribution in [1.29, 1.82) is 0 Å². The Labute approximate surface area is 165 Å². The molecule has 0 amide bonds. The van der Waals surface area contributed by atoms with E-state index < -0.39 is 0 Å². The molecule has 0 aliphatic rings. The Hall–Kier alpha value is -3.27. The number of para-hydroxylation sites is 3. The van der Waals surface area contributed by atoms with Crippen LogP contribution in [0.2, 0.25) is 0 Å². The van der Waals surface area contributed by atoms with Gasteiger partial charge in [-0.25, -0.2) is 9.55 Å². The monoisotopic (exact) mass is 373 g/mol. The molecule has 0 fully saturated rings. The predicted molar refractivity (Wildman–Crippen MR) is 111 cm³/mol. The average Bonchev–Trinajstić information content (AvgIpc) is 3.10. The molecule has 0 aliphatic heterocycles. The first-order chi connectivity index (χ1) is 13.8. The van der Waals surface area contributed by atoms with Gasteiger partial charge in [0.2, 0.25) is 0 Å². The summed E-state index contributed by atoms with van der Waals surface area (Å²) < 4.78 is 14.0. The molecule has 0 saturated carbocycles. The van der Waals surface area contributed by atoms with Gasteiger partial charge in [-0.15, -0.1) is 0 Å². The van der Waals surface area contributed by atoms with Crippen molar-refractivity contribution in [2.75, 3.05) is 6.61 Å². The Balaban J connectivity index is 1.58. The summed E-state index contributed by atoms with van der Waals surface area (Å²) in [5, 5.41) is 0. The number of aromatic amines is 1. The molecule has 0 aliphatic carbocycles. The summed E-state index contributed by atoms with van der Waals surface area (Å²) in [6.45, 7) is 4.11. The number of nitrogens with zero attached hydrogens (tertiary/aromatic N) is 1. The summed E-state index contributed by atoms with van der Waals surface area (Å²) in [7, 11) is 0. The predicted octanol–water partition coefficient (Wildman–Crippen LogP) is 4.87. The van der Waals surface area contributed by atoms with Crippen LogP contribution in [0, 0.1) is 0 Å². The number of aromatic nitrogens is 2. The first-order valence-corrected chi connectivity index (χ1v) is 9.72. The maximum absolute atomic E-state index is 5.99. The topological polar surface area (TPSA) is 38.1 Å². The average molecular weight is 373 g/mol. The van der Waals surface area contributed by atoms with Crippen LogP contribution in [0.3, 0.4) is 0 Å². The quantitative estimate of drug-likeness (QED) is 0.447. The number of ether oxygens (including phenoxy) is 2. The smallest absolute Gasteiger partial charge is 0.294 e. The van der Waals surface area contributed by atoms with Crippen molar-refractivity contribution in [3.05, 3.63) is 90.3 Å². The molecule has 4 nitrogen and oxygen atoms in total. The van der Waals surface area contributed by atoms with Gasteiger partial charge < -0.3 is 9.47 Å². The van der Waals surface area contributed by atoms with Crippen molar-refractivity contribution in [2.24, 2.45) is 0 Å². The molecule has 28 heavy (non-hydrogen) atoms. The third-order valence-corrected chi connectivity index (χ3v) is 4.66. The van der Waals surface area contributed by atoms with E-state index in [1.54, 1.807) is 0 Å². The lowest BCUT2D eigenvalue weighted by Gasteiger charge is -2.07. The van der Waals surface area contributed by atoms with E-state index in [0.717, 1.165) is 42.4 Å². The van der Waals surface area contributed by atoms with Gasteiger partial charge in [-0.1, -0.05) is 49.4 Å². The fourth-order valence-corrected chi connectivity index (χ4v) is 3.24. The molecule has 4 aromatic rings. The van der Waals surface area contributed by atoms with Crippen molar-refractivity contribution in [3.8, 4) is 11.5 Å². The molecule has 3 aromatic carbocycles. The zero-order valence-corrected chi connectivity index (χ0v) is 16.1. The minimum Gasteiger partial charge on any atom is -0.494 e. The van der Waals surface area contributed by atoms with Crippen LogP contribution in [-0.2, 0) is 13.2 Å². The van der Waals surface area contributed by atoms with Gasteiger partial charge in [0.25, 0.3) is 5.82 Å². The molecule has 0 saturated heterocycles. The largest absolute Gasteiger partial charge is 0.494 e. The summed E-state index contributed by atoms with van der Waals surface area (Å²) >= 11 is 0. The Morgan fingerprint density at radius 3 is 2.29 bits per heavy atom. The van der Waals surface area contributed by atoms with Crippen LogP contribution in [0.5, 0.6) is 11.5 Å². The number of benzene rings is 3. The zero-order valence-electron chi connectivity index (χ0n) is 16.1. The molecule has 4 heteroatoms. The van der Waals surface area contributed by atoms with Gasteiger partial charge >= 0.3 is 0 Å². The van der Waals surface area contributed by atoms with E-state index in [1.165, 1.54) is 11.1 Å². The van der Waals surface area contributed by atoms with Crippen LogP contribution >= 0.6 is 0 Å². The van der Waals surface area contributed by atoms with Crippen molar-refractivity contribution >= 4 is 11.0 Å². The fourth-order valence-electron chi connectivity index (χ4n) is 3.24. The van der Waals surface area contributed by atoms with E-state index in [-0.39, 0.29) is 0 Å². The molecule has 142 valence electrons. The summed E-state index contributed by atoms with van der Waals surface area (Å²) in [6.07, 6.45) is 1.01. The Morgan fingerprint density at radius 2 is 1.50 bits per heavy atom. The Kier molecular flexibility index (Phi) is 5.57. The van der Waals surface area contributed by atoms with E-state index >= 15 is 0 Å². The summed E-state index contributed by atoms with van der Waals surface area (Å²) in [4.78, 5) is 3.51. The summed E-state index contributed by atoms with van der Waals surface area (Å²) in [5.74, 6) is 2.82. The minimum atomic E-state index is 0.483. The number of imidazole rings is 1. The highest BCUT2D eigenvalue weighted by Gasteiger charge is 2.19. The van der Waals surface area contributed by atoms with E-state index in [0.29, 0.717) is 6.61 Å². The number of hydrogen-bond donors (Lipinski definition) is 1. The van der Waals surface area contributed by atoms with Crippen molar-refractivity contribution in [3.63, 3.8) is 0 Å². The molecule has 1 aromatic heterocycles. The van der Waals surface area contributed by atoms with Crippen LogP contribution in [0.1, 0.15) is 24.7 Å². The highest BCUT2D eigenvalue weighted by atomic mass is 16.5. The lowest BCUT2D eigenvalue weighted by Crippen LogP contribution is -2.38. The summed E-state index contributed by atoms with van der Waals surface area (Å²) in [6, 6.07) is 26.6. The number of nitrogens with one attached hydrogen (secondary N) is 1. The molecule has 0 radical (unpaired) electrons. The maximum Gasteiger partial charge on any atom is 0.294 e. The maximum atomic E-state index is 5.99. The van der Waals surface area contributed by atoms with Crippen LogP contribution in [0.25, 0.3) is 11.0 Å². The van der Waals surface area contributed by atoms with E-state index in [9.17, 15) is 0 Å². The van der Waals surface area contributed by atoms with Gasteiger partial charge in [-0.3, -0.25) is 0 Å². The lowest BCUT2D eigenvalue weighted by atomic mass is 10.2. The molecular formula is C24H25N2O2+. The van der Waals surface area contributed by atoms with Crippen molar-refractivity contribution in [1.82, 2.24) is 4.98 Å². The van der Waals surface area contributed by atoms with E-state index in [4.69, 9.17) is 9.47 Å². The highest BCUT2D eigenvalue weighted by molar-refractivity contribution is 5.71. The van der Waals surface area contributed by atoms with Crippen LogP contribution in [0.4, 0.5) is 0 Å². The molecular weight excluding hydrogens is 348 g/mol. The summed E-state index contributed by atoms with van der Waals surface area (Å²) in [5.41, 5.74) is 3.50. The Morgan fingerprint density at radius 1 is 0.786 bits per heavy atom. The van der Waals surface area contributed by atoms with Gasteiger partial charge in [0.1, 0.15) is 18.0 Å². The van der Waals surface area contributed by atoms with Gasteiger partial charge in [-0.2, -0.15) is 0 Å². The highest BCUT2D eigenvalue weighted by Crippen LogP contribution is 2.16. The second kappa shape index (κ2) is 8.61. The van der Waals surface area contributed by atoms with Gasteiger partial charge in [-0.05, 0) is 48.4 Å². The van der Waals surface area contributed by atoms with E-state index in [1.807, 2.05) is 48.5 Å². The van der Waals surface area contributed by atoms with Gasteiger partial charge in [0, 0.05) is 0 Å². The number of H-pyrrole nitrogens is 1. The molecule has 0 spiro atoms. The van der Waals surface area contributed by atoms with Crippen LogP contribution in [0.15, 0.2) is 78.9 Å². The number of rotatable bonds is 8. The minimum absolute atomic E-state index is 0.483. The SMILES string of the molecule is CCCOc1ccc(C[n+]2c(COc3ccccc3)[nH]c3ccccc32)cc1. The molecule has 1 heterocycles. The van der Waals surface area contributed by atoms with Crippen molar-refractivity contribution < 1.29 is 14.0 Å². The molecule has 0 unspecified atom stereocenters. The van der Waals surface area contributed by atoms with Gasteiger partial charge in [0.15, 0.2) is 17.6 Å². The van der Waals surface area contributed by atoms with E-state index in [2.05, 4.69) is 46.8 Å². The standard InChI is InChI=1S/C24H24N2O2/c1-2-16-27-21-14-12-19(13-15-21)17-26-23-11-7-6-10-22(23)25-24(26)18-28-20-8-4-3-5-9-20/h3-15H,2,16-18H2,1H3/p+1.